The zero-order chi connectivity index (χ0) is 18.1. The Morgan fingerprint density at radius 3 is 1.70 bits per heavy atom. The van der Waals surface area contributed by atoms with E-state index in [1.807, 2.05) is 0 Å². The van der Waals surface area contributed by atoms with Crippen molar-refractivity contribution in [3.05, 3.63) is 35.9 Å². The van der Waals surface area contributed by atoms with Crippen LogP contribution in [-0.2, 0) is 4.79 Å². The number of alkyl halides is 9. The van der Waals surface area contributed by atoms with Crippen LogP contribution >= 0.6 is 0 Å². The maximum Gasteiger partial charge on any atom is 0.460 e. The minimum atomic E-state index is -7.12. The molecular weight excluding hydrogens is 343 g/mol. The third kappa shape index (κ3) is 3.28. The minimum Gasteiger partial charge on any atom is -0.278 e. The van der Waals surface area contributed by atoms with Crippen molar-refractivity contribution in [2.75, 3.05) is 0 Å². The van der Waals surface area contributed by atoms with Crippen LogP contribution in [0.3, 0.4) is 0 Å². The van der Waals surface area contributed by atoms with Crippen LogP contribution in [0.25, 0.3) is 0 Å². The first-order chi connectivity index (χ1) is 10.2. The second kappa shape index (κ2) is 5.79. The Bertz CT molecular complexity index is 635. The van der Waals surface area contributed by atoms with Crippen LogP contribution in [0.4, 0.5) is 39.5 Å². The lowest BCUT2D eigenvalue weighted by molar-refractivity contribution is -0.387. The fraction of sp³-hybridized carbons (Fsp3) is 0.308. The van der Waals surface area contributed by atoms with Gasteiger partial charge in [-0.2, -0.15) is 39.5 Å². The summed E-state index contributed by atoms with van der Waals surface area (Å²) in [5.41, 5.74) is -0.109. The Morgan fingerprint density at radius 2 is 1.26 bits per heavy atom. The van der Waals surface area contributed by atoms with Crippen LogP contribution in [0.1, 0.15) is 5.56 Å². The number of carbonyl (C=O) groups is 1. The lowest BCUT2D eigenvalue weighted by Crippen LogP contribution is -2.63. The highest BCUT2D eigenvalue weighted by Gasteiger charge is 2.83. The third-order valence-corrected chi connectivity index (χ3v) is 2.52. The maximum absolute atomic E-state index is 13.1. The Morgan fingerprint density at radius 1 is 0.783 bits per heavy atom. The largest absolute Gasteiger partial charge is 0.460 e. The molecule has 0 aromatic heterocycles. The number of rotatable bonds is 3. The third-order valence-electron chi connectivity index (χ3n) is 2.52. The summed E-state index contributed by atoms with van der Waals surface area (Å²) in [5, 5.41) is 0. The molecule has 23 heavy (non-hydrogen) atoms. The molecule has 0 saturated carbocycles. The van der Waals surface area contributed by atoms with E-state index >= 15 is 0 Å². The van der Waals surface area contributed by atoms with Gasteiger partial charge in [0.05, 0.1) is 0 Å². The molecule has 0 spiro atoms. The fourth-order valence-corrected chi connectivity index (χ4v) is 1.25. The molecule has 0 unspecified atom stereocenters. The number of halogens is 9. The van der Waals surface area contributed by atoms with Crippen molar-refractivity contribution in [2.24, 2.45) is 0 Å². The number of hydrogen-bond acceptors (Lipinski definition) is 1. The number of carbonyl (C=O) groups excluding carboxylic acids is 1. The van der Waals surface area contributed by atoms with E-state index in [-0.39, 0.29) is 5.56 Å². The summed E-state index contributed by atoms with van der Waals surface area (Å²) in [6, 6.07) is 6.46. The summed E-state index contributed by atoms with van der Waals surface area (Å²) in [6.45, 7) is 0. The molecule has 0 fully saturated rings. The van der Waals surface area contributed by atoms with Gasteiger partial charge in [0.15, 0.2) is 0 Å². The Labute approximate surface area is 123 Å². The molecule has 0 aliphatic heterocycles. The maximum atomic E-state index is 13.1. The average Bonchev–Trinajstić information content (AvgIpc) is 2.44. The number of benzene rings is 1. The van der Waals surface area contributed by atoms with Crippen LogP contribution in [0.5, 0.6) is 0 Å². The van der Waals surface area contributed by atoms with Gasteiger partial charge in [0.2, 0.25) is 0 Å². The summed E-state index contributed by atoms with van der Waals surface area (Å²) in [5.74, 6) is -20.9. The van der Waals surface area contributed by atoms with Crippen molar-refractivity contribution in [3.63, 3.8) is 0 Å². The van der Waals surface area contributed by atoms with E-state index in [0.717, 1.165) is 5.92 Å². The van der Waals surface area contributed by atoms with Gasteiger partial charge in [-0.05, 0) is 18.1 Å². The minimum absolute atomic E-state index is 0.109. The van der Waals surface area contributed by atoms with Gasteiger partial charge in [-0.1, -0.05) is 24.1 Å². The monoisotopic (exact) mass is 348 g/mol. The standard InChI is InChI=1S/C13H5F9O/c14-10(15,11(16,17)12(18,19)13(20,21)22)9(23)7-6-8-4-2-1-3-5-8/h1-5H. The van der Waals surface area contributed by atoms with Crippen LogP contribution in [0.2, 0.25) is 0 Å². The Balaban J connectivity index is 3.20. The summed E-state index contributed by atoms with van der Waals surface area (Å²) in [7, 11) is 0. The van der Waals surface area contributed by atoms with E-state index in [0.29, 0.717) is 0 Å². The fourth-order valence-electron chi connectivity index (χ4n) is 1.25. The van der Waals surface area contributed by atoms with Crippen molar-refractivity contribution in [1.29, 1.82) is 0 Å². The molecule has 1 aromatic carbocycles. The Hall–Kier alpha value is -2.18. The lowest BCUT2D eigenvalue weighted by Gasteiger charge is -2.31. The van der Waals surface area contributed by atoms with Gasteiger partial charge < -0.3 is 0 Å². The molecule has 1 nitrogen and oxygen atoms in total. The molecule has 0 amide bonds. The molecule has 0 atom stereocenters. The van der Waals surface area contributed by atoms with Crippen LogP contribution in [-0.4, -0.2) is 29.7 Å². The SMILES string of the molecule is O=C(C#Cc1ccccc1)C(F)(F)C(F)(F)C(F)(F)C(F)(F)F. The zero-order valence-electron chi connectivity index (χ0n) is 10.7. The highest BCUT2D eigenvalue weighted by Crippen LogP contribution is 2.53. The first kappa shape index (κ1) is 18.9. The van der Waals surface area contributed by atoms with Gasteiger partial charge in [0, 0.05) is 5.56 Å². The van der Waals surface area contributed by atoms with Gasteiger partial charge in [-0.15, -0.1) is 0 Å². The number of Topliss-reactive ketones (excluding diaryl/α,β-unsaturated/α-hetero) is 1. The highest BCUT2D eigenvalue weighted by atomic mass is 19.4. The topological polar surface area (TPSA) is 17.1 Å². The second-order valence-electron chi connectivity index (χ2n) is 4.17. The van der Waals surface area contributed by atoms with Crippen molar-refractivity contribution in [3.8, 4) is 11.8 Å². The summed E-state index contributed by atoms with van der Waals surface area (Å²) in [4.78, 5) is 11.0. The molecule has 0 radical (unpaired) electrons. The van der Waals surface area contributed by atoms with Gasteiger partial charge in [-0.25, -0.2) is 0 Å². The summed E-state index contributed by atoms with van der Waals surface area (Å²) >= 11 is 0. The number of hydrogen-bond donors (Lipinski definition) is 0. The number of ketones is 1. The summed E-state index contributed by atoms with van der Waals surface area (Å²) < 4.78 is 113. The smallest absolute Gasteiger partial charge is 0.278 e. The van der Waals surface area contributed by atoms with Gasteiger partial charge >= 0.3 is 23.9 Å². The van der Waals surface area contributed by atoms with E-state index in [2.05, 4.69) is 0 Å². The zero-order valence-corrected chi connectivity index (χ0v) is 10.7. The first-order valence-corrected chi connectivity index (χ1v) is 5.57. The molecule has 0 aliphatic rings. The molecule has 0 aliphatic carbocycles. The van der Waals surface area contributed by atoms with Crippen molar-refractivity contribution in [1.82, 2.24) is 0 Å². The Kier molecular flexibility index (Phi) is 4.75. The van der Waals surface area contributed by atoms with E-state index in [9.17, 15) is 44.3 Å². The van der Waals surface area contributed by atoms with Crippen molar-refractivity contribution in [2.45, 2.75) is 23.9 Å². The normalized spacial score (nSPS) is 13.3. The van der Waals surface area contributed by atoms with Crippen molar-refractivity contribution >= 4 is 5.78 Å². The molecule has 0 bridgehead atoms. The predicted octanol–water partition coefficient (Wildman–Crippen LogP) is 4.08. The van der Waals surface area contributed by atoms with Gasteiger partial charge in [-0.3, -0.25) is 4.79 Å². The van der Waals surface area contributed by atoms with Gasteiger partial charge in [0.1, 0.15) is 0 Å². The summed E-state index contributed by atoms with van der Waals surface area (Å²) in [6.07, 6.45) is -6.98. The van der Waals surface area contributed by atoms with E-state index < -0.39 is 29.7 Å². The molecule has 126 valence electrons. The lowest BCUT2D eigenvalue weighted by atomic mass is 10.00. The molecular formula is C13H5F9O. The van der Waals surface area contributed by atoms with Crippen molar-refractivity contribution < 1.29 is 44.3 Å². The van der Waals surface area contributed by atoms with Crippen LogP contribution < -0.4 is 0 Å². The second-order valence-corrected chi connectivity index (χ2v) is 4.17. The molecule has 10 heteroatoms. The van der Waals surface area contributed by atoms with E-state index in [1.54, 1.807) is 5.92 Å². The molecule has 0 heterocycles. The molecule has 1 rings (SSSR count). The highest BCUT2D eigenvalue weighted by molar-refractivity contribution is 6.02. The predicted molar refractivity (Wildman–Crippen MR) is 59.2 cm³/mol. The molecule has 0 saturated heterocycles. The molecule has 1 aromatic rings. The van der Waals surface area contributed by atoms with Crippen LogP contribution in [0.15, 0.2) is 30.3 Å². The van der Waals surface area contributed by atoms with E-state index in [4.69, 9.17) is 0 Å². The van der Waals surface area contributed by atoms with Gasteiger partial charge in [0.25, 0.3) is 5.78 Å². The quantitative estimate of drug-likeness (QED) is 0.594. The van der Waals surface area contributed by atoms with E-state index in [1.165, 1.54) is 30.3 Å². The first-order valence-electron chi connectivity index (χ1n) is 5.57. The molecule has 0 N–H and O–H groups in total. The van der Waals surface area contributed by atoms with Crippen LogP contribution in [0, 0.1) is 11.8 Å². The average molecular weight is 348 g/mol.